The third-order valence-electron chi connectivity index (χ3n) is 4.11. The zero-order valence-electron chi connectivity index (χ0n) is 14.4. The Morgan fingerprint density at radius 1 is 1.23 bits per heavy atom. The highest BCUT2D eigenvalue weighted by Gasteiger charge is 2.32. The molecule has 1 saturated heterocycles. The van der Waals surface area contributed by atoms with Gasteiger partial charge in [0.25, 0.3) is 0 Å². The minimum absolute atomic E-state index is 0.202. The fourth-order valence-corrected chi connectivity index (χ4v) is 2.96. The lowest BCUT2D eigenvalue weighted by molar-refractivity contribution is -0.000711. The predicted molar refractivity (Wildman–Crippen MR) is 88.8 cm³/mol. The summed E-state index contributed by atoms with van der Waals surface area (Å²) in [4.78, 5) is 16.5. The van der Waals surface area contributed by atoms with Gasteiger partial charge in [-0.05, 0) is 40.2 Å². The molecule has 0 aromatic heterocycles. The van der Waals surface area contributed by atoms with Gasteiger partial charge in [-0.25, -0.2) is 4.79 Å². The fraction of sp³-hybridized carbons (Fsp3) is 0.611. The lowest BCUT2D eigenvalue weighted by Crippen LogP contribution is -2.54. The molecule has 1 amide bonds. The molecule has 0 spiro atoms. The molecule has 1 fully saturated rings. The summed E-state index contributed by atoms with van der Waals surface area (Å²) in [5.74, 6) is 0. The molecule has 0 aliphatic carbocycles. The Labute approximate surface area is 134 Å². The highest BCUT2D eigenvalue weighted by Crippen LogP contribution is 2.25. The van der Waals surface area contributed by atoms with Gasteiger partial charge < -0.3 is 9.64 Å². The number of carbonyl (C=O) groups is 1. The molecule has 4 nitrogen and oxygen atoms in total. The van der Waals surface area contributed by atoms with Gasteiger partial charge in [0.15, 0.2) is 0 Å². The Balaban J connectivity index is 1.97. The molecule has 2 rings (SSSR count). The first-order valence-corrected chi connectivity index (χ1v) is 8.06. The molecule has 1 aromatic rings. The van der Waals surface area contributed by atoms with E-state index in [-0.39, 0.29) is 6.09 Å². The Morgan fingerprint density at radius 3 is 2.41 bits per heavy atom. The molecule has 22 heavy (non-hydrogen) atoms. The smallest absolute Gasteiger partial charge is 0.410 e. The summed E-state index contributed by atoms with van der Waals surface area (Å²) in [6.45, 7) is 12.4. The molecule has 0 bridgehead atoms. The highest BCUT2D eigenvalue weighted by atomic mass is 16.6. The van der Waals surface area contributed by atoms with E-state index in [1.807, 2.05) is 31.7 Å². The van der Waals surface area contributed by atoms with Crippen LogP contribution >= 0.6 is 0 Å². The maximum atomic E-state index is 12.2. The summed E-state index contributed by atoms with van der Waals surface area (Å²) >= 11 is 0. The Bertz CT molecular complexity index is 496. The minimum Gasteiger partial charge on any atom is -0.444 e. The van der Waals surface area contributed by atoms with Gasteiger partial charge in [-0.2, -0.15) is 0 Å². The van der Waals surface area contributed by atoms with Crippen LogP contribution in [0.4, 0.5) is 4.79 Å². The zero-order valence-corrected chi connectivity index (χ0v) is 14.4. The SMILES string of the molecule is C[C@H]1CN(C(=O)OC(C)(C)C)CCN1[C@@H](C)c1ccccc1. The second-order valence-electron chi connectivity index (χ2n) is 7.10. The van der Waals surface area contributed by atoms with E-state index in [2.05, 4.69) is 43.0 Å². The van der Waals surface area contributed by atoms with Crippen molar-refractivity contribution in [2.45, 2.75) is 52.3 Å². The fourth-order valence-electron chi connectivity index (χ4n) is 2.96. The van der Waals surface area contributed by atoms with E-state index in [9.17, 15) is 4.79 Å². The summed E-state index contributed by atoms with van der Waals surface area (Å²) in [7, 11) is 0. The first-order chi connectivity index (χ1) is 10.3. The van der Waals surface area contributed by atoms with Gasteiger partial charge in [0.1, 0.15) is 5.60 Å². The number of amides is 1. The zero-order chi connectivity index (χ0) is 16.3. The molecule has 1 aliphatic heterocycles. The lowest BCUT2D eigenvalue weighted by Gasteiger charge is -2.43. The van der Waals surface area contributed by atoms with E-state index in [1.165, 1.54) is 5.56 Å². The molecule has 2 atom stereocenters. The van der Waals surface area contributed by atoms with E-state index >= 15 is 0 Å². The van der Waals surface area contributed by atoms with Crippen LogP contribution in [0.25, 0.3) is 0 Å². The summed E-state index contributed by atoms with van der Waals surface area (Å²) in [5, 5.41) is 0. The Hall–Kier alpha value is -1.55. The lowest BCUT2D eigenvalue weighted by atomic mass is 10.0. The van der Waals surface area contributed by atoms with Crippen LogP contribution in [0.15, 0.2) is 30.3 Å². The van der Waals surface area contributed by atoms with Crippen molar-refractivity contribution in [1.29, 1.82) is 0 Å². The molecular formula is C18H28N2O2. The van der Waals surface area contributed by atoms with Crippen LogP contribution in [0.2, 0.25) is 0 Å². The van der Waals surface area contributed by atoms with E-state index in [0.717, 1.165) is 13.1 Å². The summed E-state index contributed by atoms with van der Waals surface area (Å²) in [5.41, 5.74) is 0.884. The second-order valence-corrected chi connectivity index (χ2v) is 7.10. The number of nitrogens with zero attached hydrogens (tertiary/aromatic N) is 2. The minimum atomic E-state index is -0.436. The number of hydrogen-bond acceptors (Lipinski definition) is 3. The van der Waals surface area contributed by atoms with Crippen molar-refractivity contribution < 1.29 is 9.53 Å². The van der Waals surface area contributed by atoms with Crippen molar-refractivity contribution in [3.8, 4) is 0 Å². The van der Waals surface area contributed by atoms with Crippen molar-refractivity contribution in [2.24, 2.45) is 0 Å². The molecule has 122 valence electrons. The number of benzene rings is 1. The van der Waals surface area contributed by atoms with E-state index in [1.54, 1.807) is 0 Å². The number of rotatable bonds is 2. The Kier molecular flexibility index (Phi) is 5.12. The first-order valence-electron chi connectivity index (χ1n) is 8.06. The molecular weight excluding hydrogens is 276 g/mol. The van der Waals surface area contributed by atoms with Gasteiger partial charge >= 0.3 is 6.09 Å². The normalized spacial score (nSPS) is 21.5. The van der Waals surface area contributed by atoms with E-state index < -0.39 is 5.60 Å². The van der Waals surface area contributed by atoms with Gasteiger partial charge in [0.2, 0.25) is 0 Å². The molecule has 0 radical (unpaired) electrons. The van der Waals surface area contributed by atoms with Gasteiger partial charge in [-0.15, -0.1) is 0 Å². The van der Waals surface area contributed by atoms with Crippen molar-refractivity contribution >= 4 is 6.09 Å². The molecule has 1 heterocycles. The van der Waals surface area contributed by atoms with Crippen LogP contribution < -0.4 is 0 Å². The second kappa shape index (κ2) is 6.69. The van der Waals surface area contributed by atoms with Crippen LogP contribution in [0.3, 0.4) is 0 Å². The molecule has 0 N–H and O–H groups in total. The highest BCUT2D eigenvalue weighted by molar-refractivity contribution is 5.68. The third-order valence-corrected chi connectivity index (χ3v) is 4.11. The van der Waals surface area contributed by atoms with Crippen molar-refractivity contribution in [2.75, 3.05) is 19.6 Å². The number of piperazine rings is 1. The van der Waals surface area contributed by atoms with Crippen molar-refractivity contribution in [3.63, 3.8) is 0 Å². The first kappa shape index (κ1) is 16.8. The monoisotopic (exact) mass is 304 g/mol. The van der Waals surface area contributed by atoms with Gasteiger partial charge in [0, 0.05) is 31.7 Å². The standard InChI is InChI=1S/C18H28N2O2/c1-14-13-19(17(21)22-18(3,4)5)11-12-20(14)15(2)16-9-7-6-8-10-16/h6-10,14-15H,11-13H2,1-5H3/t14-,15-/m0/s1. The van der Waals surface area contributed by atoms with E-state index in [0.29, 0.717) is 18.6 Å². The third kappa shape index (κ3) is 4.23. The average molecular weight is 304 g/mol. The van der Waals surface area contributed by atoms with Crippen LogP contribution in [0.5, 0.6) is 0 Å². The van der Waals surface area contributed by atoms with Crippen LogP contribution in [-0.2, 0) is 4.74 Å². The number of hydrogen-bond donors (Lipinski definition) is 0. The molecule has 4 heteroatoms. The van der Waals surface area contributed by atoms with E-state index in [4.69, 9.17) is 4.74 Å². The van der Waals surface area contributed by atoms with Gasteiger partial charge in [0.05, 0.1) is 0 Å². The summed E-state index contributed by atoms with van der Waals surface area (Å²) < 4.78 is 5.47. The molecule has 0 unspecified atom stereocenters. The summed E-state index contributed by atoms with van der Waals surface area (Å²) in [6, 6.07) is 11.2. The summed E-state index contributed by atoms with van der Waals surface area (Å²) in [6.07, 6.45) is -0.202. The topological polar surface area (TPSA) is 32.8 Å². The number of ether oxygens (including phenoxy) is 1. The molecule has 0 saturated carbocycles. The average Bonchev–Trinajstić information content (AvgIpc) is 2.45. The maximum absolute atomic E-state index is 12.2. The van der Waals surface area contributed by atoms with Crippen molar-refractivity contribution in [1.82, 2.24) is 9.80 Å². The molecule has 1 aromatic carbocycles. The van der Waals surface area contributed by atoms with Crippen molar-refractivity contribution in [3.05, 3.63) is 35.9 Å². The largest absolute Gasteiger partial charge is 0.444 e. The van der Waals surface area contributed by atoms with Gasteiger partial charge in [-0.3, -0.25) is 4.90 Å². The quantitative estimate of drug-likeness (QED) is 0.835. The predicted octanol–water partition coefficient (Wildman–Crippen LogP) is 3.69. The maximum Gasteiger partial charge on any atom is 0.410 e. The van der Waals surface area contributed by atoms with Crippen LogP contribution in [0, 0.1) is 0 Å². The van der Waals surface area contributed by atoms with Gasteiger partial charge in [-0.1, -0.05) is 30.3 Å². The number of carbonyl (C=O) groups excluding carboxylic acids is 1. The van der Waals surface area contributed by atoms with Crippen LogP contribution in [0.1, 0.15) is 46.2 Å². The van der Waals surface area contributed by atoms with Crippen LogP contribution in [-0.4, -0.2) is 47.2 Å². The molecule has 1 aliphatic rings. The Morgan fingerprint density at radius 2 is 1.86 bits per heavy atom.